The van der Waals surface area contributed by atoms with E-state index >= 15 is 0 Å². The first kappa shape index (κ1) is 10.8. The summed E-state index contributed by atoms with van der Waals surface area (Å²) in [6.45, 7) is 4.58. The second-order valence-corrected chi connectivity index (χ2v) is 4.87. The minimum absolute atomic E-state index is 0.0420. The van der Waals surface area contributed by atoms with Gasteiger partial charge in [0.05, 0.1) is 0 Å². The summed E-state index contributed by atoms with van der Waals surface area (Å²) >= 11 is 5.82. The topological polar surface area (TPSA) is 20.3 Å². The van der Waals surface area contributed by atoms with Crippen molar-refractivity contribution in [2.75, 3.05) is 13.6 Å². The number of amides is 1. The van der Waals surface area contributed by atoms with Crippen LogP contribution in [0.15, 0.2) is 0 Å². The van der Waals surface area contributed by atoms with Crippen LogP contribution in [0.5, 0.6) is 0 Å². The molecule has 0 aromatic rings. The highest BCUT2D eigenvalue weighted by molar-refractivity contribution is 6.20. The highest BCUT2D eigenvalue weighted by Crippen LogP contribution is 2.37. The van der Waals surface area contributed by atoms with E-state index in [0.717, 1.165) is 0 Å². The lowest BCUT2D eigenvalue weighted by molar-refractivity contribution is -0.134. The molecule has 1 amide bonds. The van der Waals surface area contributed by atoms with Crippen molar-refractivity contribution in [1.82, 2.24) is 4.90 Å². The molecule has 0 spiro atoms. The molecule has 2 unspecified atom stereocenters. The van der Waals surface area contributed by atoms with Crippen molar-refractivity contribution in [2.45, 2.75) is 32.1 Å². The Balaban J connectivity index is 2.36. The highest BCUT2D eigenvalue weighted by atomic mass is 35.5. The van der Waals surface area contributed by atoms with Crippen molar-refractivity contribution < 1.29 is 4.79 Å². The molecule has 3 heteroatoms. The molecule has 2 atom stereocenters. The molecular weight excluding hydrogens is 186 g/mol. The molecule has 0 bridgehead atoms. The first-order valence-electron chi connectivity index (χ1n) is 4.91. The molecule has 0 aliphatic heterocycles. The van der Waals surface area contributed by atoms with Gasteiger partial charge in [0.15, 0.2) is 0 Å². The Morgan fingerprint density at radius 2 is 2.08 bits per heavy atom. The van der Waals surface area contributed by atoms with Gasteiger partial charge in [0.25, 0.3) is 0 Å². The van der Waals surface area contributed by atoms with Gasteiger partial charge in [0, 0.05) is 24.9 Å². The molecule has 1 aliphatic carbocycles. The molecular formula is C10H18ClNO. The van der Waals surface area contributed by atoms with Gasteiger partial charge < -0.3 is 4.90 Å². The quantitative estimate of drug-likeness (QED) is 0.641. The van der Waals surface area contributed by atoms with Gasteiger partial charge in [-0.2, -0.15) is 0 Å². The van der Waals surface area contributed by atoms with Crippen LogP contribution in [-0.4, -0.2) is 29.8 Å². The van der Waals surface area contributed by atoms with Gasteiger partial charge in [-0.1, -0.05) is 6.92 Å². The van der Waals surface area contributed by atoms with Crippen LogP contribution in [0.4, 0.5) is 0 Å². The van der Waals surface area contributed by atoms with Gasteiger partial charge >= 0.3 is 0 Å². The van der Waals surface area contributed by atoms with Crippen molar-refractivity contribution in [3.63, 3.8) is 0 Å². The van der Waals surface area contributed by atoms with Gasteiger partial charge in [-0.3, -0.25) is 4.79 Å². The monoisotopic (exact) mass is 203 g/mol. The number of rotatable bonds is 4. The maximum atomic E-state index is 11.7. The Hall–Kier alpha value is -0.240. The molecule has 76 valence electrons. The predicted molar refractivity (Wildman–Crippen MR) is 54.8 cm³/mol. The van der Waals surface area contributed by atoms with E-state index in [9.17, 15) is 4.79 Å². The Bertz CT molecular complexity index is 189. The molecule has 2 nitrogen and oxygen atoms in total. The molecule has 1 saturated carbocycles. The molecule has 0 radical (unpaired) electrons. The van der Waals surface area contributed by atoms with Gasteiger partial charge in [0.1, 0.15) is 0 Å². The van der Waals surface area contributed by atoms with E-state index < -0.39 is 0 Å². The largest absolute Gasteiger partial charge is 0.344 e. The van der Waals surface area contributed by atoms with Crippen molar-refractivity contribution in [3.05, 3.63) is 0 Å². The number of carbonyl (C=O) groups excluding carboxylic acids is 1. The van der Waals surface area contributed by atoms with Crippen LogP contribution in [0.25, 0.3) is 0 Å². The first-order valence-corrected chi connectivity index (χ1v) is 5.35. The number of halogens is 1. The van der Waals surface area contributed by atoms with Crippen LogP contribution in [0.1, 0.15) is 26.7 Å². The van der Waals surface area contributed by atoms with E-state index in [-0.39, 0.29) is 17.2 Å². The Morgan fingerprint density at radius 3 is 2.46 bits per heavy atom. The van der Waals surface area contributed by atoms with Crippen molar-refractivity contribution >= 4 is 17.5 Å². The summed E-state index contributed by atoms with van der Waals surface area (Å²) in [6, 6.07) is 0. The second-order valence-electron chi connectivity index (χ2n) is 4.13. The average Bonchev–Trinajstić information content (AvgIpc) is 2.82. The third-order valence-electron chi connectivity index (χ3n) is 2.62. The fraction of sp³-hybridized carbons (Fsp3) is 0.900. The Kier molecular flexibility index (Phi) is 3.60. The maximum Gasteiger partial charge on any atom is 0.225 e. The molecule has 0 aromatic heterocycles. The summed E-state index contributed by atoms with van der Waals surface area (Å²) in [5.41, 5.74) is 0. The van der Waals surface area contributed by atoms with Gasteiger partial charge in [-0.05, 0) is 25.7 Å². The molecule has 0 saturated heterocycles. The smallest absolute Gasteiger partial charge is 0.225 e. The van der Waals surface area contributed by atoms with E-state index in [1.165, 1.54) is 12.8 Å². The lowest BCUT2D eigenvalue weighted by atomic mass is 10.1. The fourth-order valence-corrected chi connectivity index (χ4v) is 1.82. The van der Waals surface area contributed by atoms with Gasteiger partial charge in [-0.25, -0.2) is 0 Å². The van der Waals surface area contributed by atoms with Gasteiger partial charge in [-0.15, -0.1) is 11.6 Å². The molecule has 1 fully saturated rings. The van der Waals surface area contributed by atoms with E-state index in [0.29, 0.717) is 12.5 Å². The zero-order valence-corrected chi connectivity index (χ0v) is 9.34. The van der Waals surface area contributed by atoms with Crippen LogP contribution in [0, 0.1) is 11.8 Å². The molecule has 1 aliphatic rings. The summed E-state index contributed by atoms with van der Waals surface area (Å²) < 4.78 is 0. The van der Waals surface area contributed by atoms with Crippen LogP contribution >= 0.6 is 11.6 Å². The molecule has 0 heterocycles. The lowest BCUT2D eigenvalue weighted by Crippen LogP contribution is -2.35. The number of hydrogen-bond acceptors (Lipinski definition) is 1. The third kappa shape index (κ3) is 3.18. The average molecular weight is 204 g/mol. The zero-order valence-electron chi connectivity index (χ0n) is 8.59. The SMILES string of the molecule is CC(Cl)CN(C)C(=O)C(C)C1CC1. The van der Waals surface area contributed by atoms with Crippen molar-refractivity contribution in [2.24, 2.45) is 11.8 Å². The summed E-state index contributed by atoms with van der Waals surface area (Å²) in [4.78, 5) is 13.5. The van der Waals surface area contributed by atoms with E-state index in [2.05, 4.69) is 0 Å². The Labute approximate surface area is 85.2 Å². The second kappa shape index (κ2) is 4.32. The van der Waals surface area contributed by atoms with E-state index in [4.69, 9.17) is 11.6 Å². The first-order chi connectivity index (χ1) is 6.02. The summed E-state index contributed by atoms with van der Waals surface area (Å²) in [7, 11) is 1.83. The Morgan fingerprint density at radius 1 is 1.54 bits per heavy atom. The normalized spacial score (nSPS) is 20.9. The van der Waals surface area contributed by atoms with Crippen LogP contribution in [-0.2, 0) is 4.79 Å². The van der Waals surface area contributed by atoms with Crippen LogP contribution < -0.4 is 0 Å². The summed E-state index contributed by atoms with van der Waals surface area (Å²) in [5, 5.41) is 0.0420. The van der Waals surface area contributed by atoms with Crippen LogP contribution in [0.3, 0.4) is 0 Å². The number of alkyl halides is 1. The number of hydrogen-bond donors (Lipinski definition) is 0. The van der Waals surface area contributed by atoms with E-state index in [1.807, 2.05) is 20.9 Å². The maximum absolute atomic E-state index is 11.7. The van der Waals surface area contributed by atoms with Crippen molar-refractivity contribution in [3.8, 4) is 0 Å². The minimum atomic E-state index is 0.0420. The molecule has 0 aromatic carbocycles. The standard InChI is InChI=1S/C10H18ClNO/c1-7(11)6-12(3)10(13)8(2)9-4-5-9/h7-9H,4-6H2,1-3H3. The fourth-order valence-electron chi connectivity index (χ4n) is 1.61. The zero-order chi connectivity index (χ0) is 10.0. The van der Waals surface area contributed by atoms with Crippen LogP contribution in [0.2, 0.25) is 0 Å². The molecule has 0 N–H and O–H groups in total. The number of nitrogens with zero attached hydrogens (tertiary/aromatic N) is 1. The van der Waals surface area contributed by atoms with Gasteiger partial charge in [0.2, 0.25) is 5.91 Å². The lowest BCUT2D eigenvalue weighted by Gasteiger charge is -2.22. The highest BCUT2D eigenvalue weighted by Gasteiger charge is 2.34. The van der Waals surface area contributed by atoms with Crippen molar-refractivity contribution in [1.29, 1.82) is 0 Å². The number of carbonyl (C=O) groups is 1. The summed E-state index contributed by atoms with van der Waals surface area (Å²) in [5.74, 6) is 1.08. The molecule has 1 rings (SSSR count). The summed E-state index contributed by atoms with van der Waals surface area (Å²) in [6.07, 6.45) is 2.44. The molecule has 13 heavy (non-hydrogen) atoms. The predicted octanol–water partition coefficient (Wildman–Crippen LogP) is 2.12. The van der Waals surface area contributed by atoms with E-state index in [1.54, 1.807) is 4.90 Å². The minimum Gasteiger partial charge on any atom is -0.344 e. The third-order valence-corrected chi connectivity index (χ3v) is 2.76.